The minimum atomic E-state index is -3.75. The zero-order valence-electron chi connectivity index (χ0n) is 15.8. The van der Waals surface area contributed by atoms with E-state index < -0.39 is 16.0 Å². The first kappa shape index (κ1) is 20.1. The molecule has 8 heteroatoms. The highest BCUT2D eigenvalue weighted by Crippen LogP contribution is 2.33. The molecule has 1 aromatic rings. The molecule has 0 aromatic heterocycles. The molecule has 0 radical (unpaired) electrons. The molecule has 0 spiro atoms. The van der Waals surface area contributed by atoms with Gasteiger partial charge in [-0.15, -0.1) is 0 Å². The molecule has 2 heterocycles. The van der Waals surface area contributed by atoms with Gasteiger partial charge in [-0.2, -0.15) is 4.31 Å². The summed E-state index contributed by atoms with van der Waals surface area (Å²) in [5.41, 5.74) is 0.452. The van der Waals surface area contributed by atoms with Crippen molar-refractivity contribution in [3.8, 4) is 5.75 Å². The Balaban J connectivity index is 1.86. The standard InChI is InChI=1S/C19H28N2O5S/c1-26-17-8-7-15(13-19(22)23)12-18(17)27(24,25)21-11-5-6-16(21)14-20-9-3-2-4-10-20/h7-8,12,16H,2-6,9-11,13-14H2,1H3,(H,22,23). The number of piperidine rings is 1. The van der Waals surface area contributed by atoms with Crippen molar-refractivity contribution in [3.05, 3.63) is 23.8 Å². The van der Waals surface area contributed by atoms with Crippen LogP contribution in [0.15, 0.2) is 23.1 Å². The normalized spacial score (nSPS) is 22.0. The summed E-state index contributed by atoms with van der Waals surface area (Å²) in [5.74, 6) is -0.736. The molecule has 27 heavy (non-hydrogen) atoms. The second-order valence-electron chi connectivity index (χ2n) is 7.33. The molecular weight excluding hydrogens is 368 g/mol. The number of methoxy groups -OCH3 is 1. The van der Waals surface area contributed by atoms with E-state index >= 15 is 0 Å². The summed E-state index contributed by atoms with van der Waals surface area (Å²) in [7, 11) is -2.32. The van der Waals surface area contributed by atoms with Crippen LogP contribution >= 0.6 is 0 Å². The summed E-state index contributed by atoms with van der Waals surface area (Å²) >= 11 is 0. The van der Waals surface area contributed by atoms with Crippen LogP contribution in [0, 0.1) is 0 Å². The molecule has 2 aliphatic rings. The SMILES string of the molecule is COc1ccc(CC(=O)O)cc1S(=O)(=O)N1CCCC1CN1CCCCC1. The topological polar surface area (TPSA) is 87.1 Å². The van der Waals surface area contributed by atoms with Crippen LogP contribution in [-0.2, 0) is 21.2 Å². The molecule has 1 aromatic carbocycles. The lowest BCUT2D eigenvalue weighted by Gasteiger charge is -2.32. The van der Waals surface area contributed by atoms with Crippen molar-refractivity contribution in [3.63, 3.8) is 0 Å². The first-order chi connectivity index (χ1) is 12.9. The molecule has 1 unspecified atom stereocenters. The lowest BCUT2D eigenvalue weighted by atomic mass is 10.1. The maximum Gasteiger partial charge on any atom is 0.307 e. The summed E-state index contributed by atoms with van der Waals surface area (Å²) in [6.07, 6.45) is 5.07. The molecule has 2 fully saturated rings. The molecule has 1 atom stereocenters. The van der Waals surface area contributed by atoms with Gasteiger partial charge in [-0.3, -0.25) is 4.79 Å². The minimum absolute atomic E-state index is 0.0408. The van der Waals surface area contributed by atoms with Crippen molar-refractivity contribution in [1.82, 2.24) is 9.21 Å². The zero-order valence-corrected chi connectivity index (χ0v) is 16.6. The van der Waals surface area contributed by atoms with E-state index in [9.17, 15) is 13.2 Å². The predicted octanol–water partition coefficient (Wildman–Crippen LogP) is 1.96. The van der Waals surface area contributed by atoms with Crippen LogP contribution in [0.4, 0.5) is 0 Å². The first-order valence-electron chi connectivity index (χ1n) is 9.54. The molecule has 0 amide bonds. The van der Waals surface area contributed by atoms with Crippen molar-refractivity contribution >= 4 is 16.0 Å². The Morgan fingerprint density at radius 2 is 1.93 bits per heavy atom. The zero-order chi connectivity index (χ0) is 19.4. The fraction of sp³-hybridized carbons (Fsp3) is 0.632. The maximum absolute atomic E-state index is 13.4. The van der Waals surface area contributed by atoms with E-state index in [0.29, 0.717) is 12.1 Å². The van der Waals surface area contributed by atoms with Crippen LogP contribution in [0.2, 0.25) is 0 Å². The predicted molar refractivity (Wildman–Crippen MR) is 102 cm³/mol. The monoisotopic (exact) mass is 396 g/mol. The molecule has 2 aliphatic heterocycles. The smallest absolute Gasteiger partial charge is 0.307 e. The molecule has 150 valence electrons. The van der Waals surface area contributed by atoms with Gasteiger partial charge < -0.3 is 14.7 Å². The molecule has 1 N–H and O–H groups in total. The molecule has 3 rings (SSSR count). The number of aliphatic carboxylic acids is 1. The lowest BCUT2D eigenvalue weighted by molar-refractivity contribution is -0.136. The van der Waals surface area contributed by atoms with E-state index in [2.05, 4.69) is 4.90 Å². The number of carbonyl (C=O) groups is 1. The van der Waals surface area contributed by atoms with E-state index in [0.717, 1.165) is 32.5 Å². The van der Waals surface area contributed by atoms with Crippen molar-refractivity contribution in [1.29, 1.82) is 0 Å². The average molecular weight is 397 g/mol. The van der Waals surface area contributed by atoms with Gasteiger partial charge in [0, 0.05) is 19.1 Å². The lowest BCUT2D eigenvalue weighted by Crippen LogP contribution is -2.44. The van der Waals surface area contributed by atoms with Crippen molar-refractivity contribution < 1.29 is 23.1 Å². The summed E-state index contributed by atoms with van der Waals surface area (Å²) in [6, 6.07) is 4.54. The largest absolute Gasteiger partial charge is 0.495 e. The Morgan fingerprint density at radius 3 is 2.59 bits per heavy atom. The number of likely N-dealkylation sites (tertiary alicyclic amines) is 1. The minimum Gasteiger partial charge on any atom is -0.495 e. The first-order valence-corrected chi connectivity index (χ1v) is 11.0. The Kier molecular flexibility index (Phi) is 6.39. The third-order valence-corrected chi connectivity index (χ3v) is 7.38. The number of hydrogen-bond acceptors (Lipinski definition) is 5. The average Bonchev–Trinajstić information content (AvgIpc) is 3.11. The highest BCUT2D eigenvalue weighted by molar-refractivity contribution is 7.89. The Bertz CT molecular complexity index is 774. The van der Waals surface area contributed by atoms with E-state index in [4.69, 9.17) is 9.84 Å². The van der Waals surface area contributed by atoms with Gasteiger partial charge in [-0.1, -0.05) is 12.5 Å². The number of hydrogen-bond donors (Lipinski definition) is 1. The van der Waals surface area contributed by atoms with E-state index in [1.54, 1.807) is 16.4 Å². The van der Waals surface area contributed by atoms with Crippen LogP contribution in [-0.4, -0.2) is 68.0 Å². The fourth-order valence-electron chi connectivity index (χ4n) is 4.08. The van der Waals surface area contributed by atoms with E-state index in [1.165, 1.54) is 32.4 Å². The Hall–Kier alpha value is -1.64. The van der Waals surface area contributed by atoms with Crippen LogP contribution < -0.4 is 4.74 Å². The second-order valence-corrected chi connectivity index (χ2v) is 9.19. The van der Waals surface area contributed by atoms with Crippen LogP contribution in [0.25, 0.3) is 0 Å². The quantitative estimate of drug-likeness (QED) is 0.758. The van der Waals surface area contributed by atoms with Gasteiger partial charge in [0.2, 0.25) is 10.0 Å². The number of carboxylic acids is 1. The van der Waals surface area contributed by atoms with Crippen LogP contribution in [0.5, 0.6) is 5.75 Å². The number of ether oxygens (including phenoxy) is 1. The van der Waals surface area contributed by atoms with Gasteiger partial charge in [-0.25, -0.2) is 8.42 Å². The van der Waals surface area contributed by atoms with Crippen molar-refractivity contribution in [2.45, 2.75) is 49.5 Å². The third-order valence-electron chi connectivity index (χ3n) is 5.41. The fourth-order valence-corrected chi connectivity index (χ4v) is 5.97. The van der Waals surface area contributed by atoms with Crippen LogP contribution in [0.1, 0.15) is 37.7 Å². The number of rotatable bonds is 7. The number of carboxylic acid groups (broad SMARTS) is 1. The maximum atomic E-state index is 13.4. The summed E-state index contributed by atoms with van der Waals surface area (Å²) in [5, 5.41) is 9.03. The summed E-state index contributed by atoms with van der Waals surface area (Å²) in [6.45, 7) is 3.31. The summed E-state index contributed by atoms with van der Waals surface area (Å²) < 4.78 is 33.6. The molecule has 7 nitrogen and oxygen atoms in total. The van der Waals surface area contributed by atoms with E-state index in [1.807, 2.05) is 0 Å². The van der Waals surface area contributed by atoms with E-state index in [-0.39, 0.29) is 23.1 Å². The number of sulfonamides is 1. The second kappa shape index (κ2) is 8.58. The van der Waals surface area contributed by atoms with Gasteiger partial charge in [0.05, 0.1) is 13.5 Å². The number of benzene rings is 1. The number of nitrogens with zero attached hydrogens (tertiary/aromatic N) is 2. The van der Waals surface area contributed by atoms with Crippen molar-refractivity contribution in [2.24, 2.45) is 0 Å². The molecule has 2 saturated heterocycles. The van der Waals surface area contributed by atoms with Gasteiger partial charge in [0.15, 0.2) is 0 Å². The molecular formula is C19H28N2O5S. The highest BCUT2D eigenvalue weighted by atomic mass is 32.2. The van der Waals surface area contributed by atoms with Gasteiger partial charge in [0.1, 0.15) is 10.6 Å². The van der Waals surface area contributed by atoms with Crippen LogP contribution in [0.3, 0.4) is 0 Å². The van der Waals surface area contributed by atoms with Crippen molar-refractivity contribution in [2.75, 3.05) is 33.3 Å². The van der Waals surface area contributed by atoms with Gasteiger partial charge >= 0.3 is 5.97 Å². The molecule has 0 aliphatic carbocycles. The Morgan fingerprint density at radius 1 is 1.19 bits per heavy atom. The summed E-state index contributed by atoms with van der Waals surface area (Å²) in [4.78, 5) is 13.4. The van der Waals surface area contributed by atoms with Gasteiger partial charge in [0.25, 0.3) is 0 Å². The molecule has 0 saturated carbocycles. The van der Waals surface area contributed by atoms with Gasteiger partial charge in [-0.05, 0) is 56.5 Å². The highest BCUT2D eigenvalue weighted by Gasteiger charge is 2.37. The molecule has 0 bridgehead atoms. The third kappa shape index (κ3) is 4.62. The Labute approximate surface area is 161 Å².